The van der Waals surface area contributed by atoms with Crippen LogP contribution in [0.15, 0.2) is 0 Å². The van der Waals surface area contributed by atoms with Crippen LogP contribution in [0.1, 0.15) is 28.5 Å². The van der Waals surface area contributed by atoms with Gasteiger partial charge in [0, 0.05) is 18.0 Å². The molecular formula is C10H17N3OS. The molecule has 1 aromatic heterocycles. The van der Waals surface area contributed by atoms with E-state index in [9.17, 15) is 4.79 Å². The molecule has 0 radical (unpaired) electrons. The summed E-state index contributed by atoms with van der Waals surface area (Å²) in [4.78, 5) is 16.7. The lowest BCUT2D eigenvalue weighted by atomic mass is 10.2. The molecule has 0 saturated heterocycles. The highest BCUT2D eigenvalue weighted by molar-refractivity contribution is 7.11. The summed E-state index contributed by atoms with van der Waals surface area (Å²) in [7, 11) is 1.63. The van der Waals surface area contributed by atoms with Crippen LogP contribution in [-0.2, 0) is 4.79 Å². The maximum absolute atomic E-state index is 11.0. The first-order chi connectivity index (χ1) is 7.04. The van der Waals surface area contributed by atoms with Crippen LogP contribution < -0.4 is 10.6 Å². The second-order valence-electron chi connectivity index (χ2n) is 3.45. The molecule has 0 aromatic carbocycles. The van der Waals surface area contributed by atoms with Gasteiger partial charge in [-0.25, -0.2) is 4.98 Å². The molecule has 1 aromatic rings. The molecular weight excluding hydrogens is 210 g/mol. The van der Waals surface area contributed by atoms with Crippen molar-refractivity contribution in [1.82, 2.24) is 15.6 Å². The Labute approximate surface area is 94.1 Å². The Kier molecular flexibility index (Phi) is 4.23. The molecule has 1 amide bonds. The van der Waals surface area contributed by atoms with Crippen LogP contribution >= 0.6 is 11.3 Å². The van der Waals surface area contributed by atoms with Crippen molar-refractivity contribution in [2.75, 3.05) is 13.6 Å². The lowest BCUT2D eigenvalue weighted by molar-refractivity contribution is -0.119. The highest BCUT2D eigenvalue weighted by Crippen LogP contribution is 2.21. The van der Waals surface area contributed by atoms with Gasteiger partial charge < -0.3 is 10.6 Å². The predicted octanol–water partition coefficient (Wildman–Crippen LogP) is 1.16. The number of aryl methyl sites for hydroxylation is 2. The van der Waals surface area contributed by atoms with E-state index in [1.807, 2.05) is 13.8 Å². The fourth-order valence-electron chi connectivity index (χ4n) is 1.38. The van der Waals surface area contributed by atoms with Gasteiger partial charge in [0.2, 0.25) is 5.91 Å². The summed E-state index contributed by atoms with van der Waals surface area (Å²) in [6.07, 6.45) is 0. The van der Waals surface area contributed by atoms with E-state index in [-0.39, 0.29) is 11.9 Å². The lowest BCUT2D eigenvalue weighted by Gasteiger charge is -2.11. The highest BCUT2D eigenvalue weighted by Gasteiger charge is 2.13. The number of carbonyl (C=O) groups excluding carboxylic acids is 1. The maximum Gasteiger partial charge on any atom is 0.233 e. The molecule has 0 spiro atoms. The molecule has 0 aliphatic heterocycles. The Morgan fingerprint density at radius 2 is 2.20 bits per heavy atom. The third-order valence-electron chi connectivity index (χ3n) is 2.20. The molecule has 1 unspecified atom stereocenters. The van der Waals surface area contributed by atoms with Gasteiger partial charge in [0.1, 0.15) is 0 Å². The molecule has 1 rings (SSSR count). The van der Waals surface area contributed by atoms with Crippen LogP contribution in [0.25, 0.3) is 0 Å². The van der Waals surface area contributed by atoms with E-state index >= 15 is 0 Å². The second kappa shape index (κ2) is 5.23. The number of hydrogen-bond acceptors (Lipinski definition) is 4. The first-order valence-electron chi connectivity index (χ1n) is 4.92. The Balaban J connectivity index is 2.57. The number of rotatable bonds is 4. The first-order valence-corrected chi connectivity index (χ1v) is 5.74. The van der Waals surface area contributed by atoms with Gasteiger partial charge in [0.25, 0.3) is 0 Å². The summed E-state index contributed by atoms with van der Waals surface area (Å²) in [6, 6.07) is 0.118. The molecule has 4 nitrogen and oxygen atoms in total. The summed E-state index contributed by atoms with van der Waals surface area (Å²) in [5, 5.41) is 6.77. The van der Waals surface area contributed by atoms with Crippen LogP contribution in [0.2, 0.25) is 0 Å². The van der Waals surface area contributed by atoms with Gasteiger partial charge in [0.05, 0.1) is 17.2 Å². The quantitative estimate of drug-likeness (QED) is 0.811. The monoisotopic (exact) mass is 227 g/mol. The zero-order valence-corrected chi connectivity index (χ0v) is 10.4. The summed E-state index contributed by atoms with van der Waals surface area (Å²) < 4.78 is 0. The van der Waals surface area contributed by atoms with Crippen molar-refractivity contribution in [3.05, 3.63) is 15.6 Å². The normalized spacial score (nSPS) is 12.5. The largest absolute Gasteiger partial charge is 0.358 e. The van der Waals surface area contributed by atoms with E-state index < -0.39 is 0 Å². The Morgan fingerprint density at radius 3 is 2.67 bits per heavy atom. The molecule has 0 bridgehead atoms. The van der Waals surface area contributed by atoms with Crippen molar-refractivity contribution < 1.29 is 4.79 Å². The number of nitrogens with zero attached hydrogens (tertiary/aromatic N) is 1. The average Bonchev–Trinajstić information content (AvgIpc) is 2.53. The molecule has 0 aliphatic rings. The molecule has 0 aliphatic carbocycles. The van der Waals surface area contributed by atoms with Crippen LogP contribution in [0, 0.1) is 13.8 Å². The molecule has 84 valence electrons. The number of thiazole rings is 1. The minimum atomic E-state index is -0.00791. The molecule has 0 saturated carbocycles. The van der Waals surface area contributed by atoms with Crippen LogP contribution in [-0.4, -0.2) is 24.5 Å². The average molecular weight is 227 g/mol. The number of likely N-dealkylation sites (N-methyl/N-ethyl adjacent to an activating group) is 1. The van der Waals surface area contributed by atoms with Crippen LogP contribution in [0.4, 0.5) is 0 Å². The fraction of sp³-hybridized carbons (Fsp3) is 0.600. The molecule has 0 fully saturated rings. The van der Waals surface area contributed by atoms with Gasteiger partial charge in [0.15, 0.2) is 0 Å². The second-order valence-corrected chi connectivity index (χ2v) is 4.86. The summed E-state index contributed by atoms with van der Waals surface area (Å²) in [5.74, 6) is -0.00791. The summed E-state index contributed by atoms with van der Waals surface area (Å²) in [6.45, 7) is 6.39. The van der Waals surface area contributed by atoms with Crippen molar-refractivity contribution in [3.8, 4) is 0 Å². The van der Waals surface area contributed by atoms with E-state index in [1.165, 1.54) is 4.88 Å². The van der Waals surface area contributed by atoms with Crippen LogP contribution in [0.5, 0.6) is 0 Å². The summed E-state index contributed by atoms with van der Waals surface area (Å²) in [5.41, 5.74) is 1.04. The Morgan fingerprint density at radius 1 is 1.53 bits per heavy atom. The van der Waals surface area contributed by atoms with Gasteiger partial charge in [-0.1, -0.05) is 0 Å². The van der Waals surface area contributed by atoms with E-state index in [2.05, 4.69) is 22.5 Å². The molecule has 5 heteroatoms. The third-order valence-corrected chi connectivity index (χ3v) is 3.10. The van der Waals surface area contributed by atoms with Gasteiger partial charge in [-0.15, -0.1) is 11.3 Å². The first kappa shape index (κ1) is 12.1. The number of hydrogen-bond donors (Lipinski definition) is 2. The Hall–Kier alpha value is -0.940. The molecule has 15 heavy (non-hydrogen) atoms. The summed E-state index contributed by atoms with van der Waals surface area (Å²) >= 11 is 1.69. The number of amides is 1. The van der Waals surface area contributed by atoms with E-state index in [0.717, 1.165) is 10.7 Å². The van der Waals surface area contributed by atoms with Gasteiger partial charge >= 0.3 is 0 Å². The van der Waals surface area contributed by atoms with Crippen molar-refractivity contribution in [1.29, 1.82) is 0 Å². The number of carbonyl (C=O) groups is 1. The van der Waals surface area contributed by atoms with Gasteiger partial charge in [-0.2, -0.15) is 0 Å². The minimum Gasteiger partial charge on any atom is -0.358 e. The smallest absolute Gasteiger partial charge is 0.233 e. The SMILES string of the molecule is CNC(=O)CNC(C)c1nc(C)sc1C. The number of aromatic nitrogens is 1. The van der Waals surface area contributed by atoms with E-state index in [0.29, 0.717) is 6.54 Å². The third kappa shape index (κ3) is 3.28. The maximum atomic E-state index is 11.0. The molecule has 1 heterocycles. The molecule has 2 N–H and O–H groups in total. The van der Waals surface area contributed by atoms with Crippen molar-refractivity contribution in [3.63, 3.8) is 0 Å². The highest BCUT2D eigenvalue weighted by atomic mass is 32.1. The van der Waals surface area contributed by atoms with Crippen molar-refractivity contribution in [2.45, 2.75) is 26.8 Å². The van der Waals surface area contributed by atoms with Gasteiger partial charge in [-0.05, 0) is 20.8 Å². The van der Waals surface area contributed by atoms with Crippen LogP contribution in [0.3, 0.4) is 0 Å². The number of nitrogens with one attached hydrogen (secondary N) is 2. The van der Waals surface area contributed by atoms with Crippen molar-refractivity contribution >= 4 is 17.2 Å². The van der Waals surface area contributed by atoms with Crippen molar-refractivity contribution in [2.24, 2.45) is 0 Å². The minimum absolute atomic E-state index is 0.00791. The Bertz CT molecular complexity index is 348. The standard InChI is InChI=1S/C10H17N3OS/c1-6(12-5-9(14)11-4)10-7(2)15-8(3)13-10/h6,12H,5H2,1-4H3,(H,11,14). The molecule has 1 atom stereocenters. The fourth-order valence-corrected chi connectivity index (χ4v) is 2.29. The zero-order chi connectivity index (χ0) is 11.4. The van der Waals surface area contributed by atoms with E-state index in [1.54, 1.807) is 18.4 Å². The van der Waals surface area contributed by atoms with Gasteiger partial charge in [-0.3, -0.25) is 4.79 Å². The van der Waals surface area contributed by atoms with E-state index in [4.69, 9.17) is 0 Å². The topological polar surface area (TPSA) is 54.0 Å². The predicted molar refractivity (Wildman–Crippen MR) is 62.1 cm³/mol. The lowest BCUT2D eigenvalue weighted by Crippen LogP contribution is -2.33. The zero-order valence-electron chi connectivity index (χ0n) is 9.55.